The molecule has 0 bridgehead atoms. The summed E-state index contributed by atoms with van der Waals surface area (Å²) >= 11 is 0. The molecule has 0 rings (SSSR count). The summed E-state index contributed by atoms with van der Waals surface area (Å²) in [5, 5.41) is 0. The van der Waals surface area contributed by atoms with Crippen molar-refractivity contribution in [3.05, 3.63) is 134 Å². The van der Waals surface area contributed by atoms with Crippen molar-refractivity contribution in [3.8, 4) is 0 Å². The minimum Gasteiger partial charge on any atom is -0.462 e. The molecule has 594 valence electrons. The van der Waals surface area contributed by atoms with Gasteiger partial charge in [-0.05, 0) is 116 Å². The van der Waals surface area contributed by atoms with Crippen LogP contribution in [0.1, 0.15) is 412 Å². The Morgan fingerprint density at radius 3 is 0.806 bits per heavy atom. The van der Waals surface area contributed by atoms with Crippen molar-refractivity contribution in [1.82, 2.24) is 0 Å². The molecule has 0 saturated heterocycles. The summed E-state index contributed by atoms with van der Waals surface area (Å²) < 4.78 is 33.3. The lowest BCUT2D eigenvalue weighted by atomic mass is 10.0. The molecule has 0 heterocycles. The van der Waals surface area contributed by atoms with Crippen LogP contribution in [0.15, 0.2) is 134 Å². The van der Waals surface area contributed by atoms with E-state index in [4.69, 9.17) is 24.3 Å². The van der Waals surface area contributed by atoms with Crippen LogP contribution in [0.2, 0.25) is 0 Å². The number of phosphoric ester groups is 1. The molecule has 2 unspecified atom stereocenters. The molecular weight excluding hydrogens is 1290 g/mol. The molecule has 0 amide bonds. The van der Waals surface area contributed by atoms with E-state index in [0.717, 1.165) is 109 Å². The normalized spacial score (nSPS) is 13.5. The average molecular weight is 1460 g/mol. The minimum atomic E-state index is -4.41. The monoisotopic (exact) mass is 1450 g/mol. The van der Waals surface area contributed by atoms with Gasteiger partial charge in [0.1, 0.15) is 6.61 Å². The highest BCUT2D eigenvalue weighted by Crippen LogP contribution is 2.43. The molecule has 0 saturated carbocycles. The number of esters is 2. The SMILES string of the molecule is CC/C=C\C/C=C\C/C=C\C/C=C\C/C=C\C/C=C\C/C=C\C/C=C\C/C=C\C/C=C\CCCCCCCCCCCCC(=O)OC(COC(=O)CCCCCCCCCCCCCCCCCCCCCCCCCCCCCCC/C=C\CCCCCCCCCC)COP(=O)(O)OCCN. The predicted octanol–water partition coefficient (Wildman–Crippen LogP) is 29.9. The van der Waals surface area contributed by atoms with E-state index >= 15 is 0 Å². The summed E-state index contributed by atoms with van der Waals surface area (Å²) in [6, 6.07) is 0. The molecule has 103 heavy (non-hydrogen) atoms. The van der Waals surface area contributed by atoms with E-state index in [0.29, 0.717) is 6.42 Å². The first-order chi connectivity index (χ1) is 50.8. The third kappa shape index (κ3) is 87.0. The van der Waals surface area contributed by atoms with Crippen LogP contribution in [-0.2, 0) is 32.7 Å². The van der Waals surface area contributed by atoms with Crippen molar-refractivity contribution in [2.24, 2.45) is 5.73 Å². The van der Waals surface area contributed by atoms with Gasteiger partial charge in [0.15, 0.2) is 6.10 Å². The molecule has 0 aromatic carbocycles. The van der Waals surface area contributed by atoms with Gasteiger partial charge >= 0.3 is 19.8 Å². The largest absolute Gasteiger partial charge is 0.472 e. The number of hydrogen-bond acceptors (Lipinski definition) is 8. The number of unbranched alkanes of at least 4 members (excludes halogenated alkanes) is 47. The summed E-state index contributed by atoms with van der Waals surface area (Å²) in [5.41, 5.74) is 5.42. The van der Waals surface area contributed by atoms with Gasteiger partial charge in [0, 0.05) is 19.4 Å². The summed E-state index contributed by atoms with van der Waals surface area (Å²) in [6.07, 6.45) is 125. The number of hydrogen-bond donors (Lipinski definition) is 2. The Morgan fingerprint density at radius 1 is 0.301 bits per heavy atom. The van der Waals surface area contributed by atoms with Crippen molar-refractivity contribution in [2.45, 2.75) is 418 Å². The highest BCUT2D eigenvalue weighted by molar-refractivity contribution is 7.47. The predicted molar refractivity (Wildman–Crippen MR) is 450 cm³/mol. The first-order valence-electron chi connectivity index (χ1n) is 43.7. The molecule has 10 heteroatoms. The average Bonchev–Trinajstić information content (AvgIpc) is 0.970. The van der Waals surface area contributed by atoms with Crippen LogP contribution in [0, 0.1) is 0 Å². The number of allylic oxidation sites excluding steroid dienone is 22. The fourth-order valence-electron chi connectivity index (χ4n) is 12.6. The van der Waals surface area contributed by atoms with Crippen molar-refractivity contribution in [2.75, 3.05) is 26.4 Å². The lowest BCUT2D eigenvalue weighted by Crippen LogP contribution is -2.29. The van der Waals surface area contributed by atoms with Crippen LogP contribution < -0.4 is 5.73 Å². The van der Waals surface area contributed by atoms with Crippen LogP contribution in [0.25, 0.3) is 0 Å². The Balaban J connectivity index is 3.81. The molecule has 0 spiro atoms. The Bertz CT molecular complexity index is 2170. The number of ether oxygens (including phenoxy) is 2. The van der Waals surface area contributed by atoms with Crippen molar-refractivity contribution >= 4 is 19.8 Å². The molecule has 3 N–H and O–H groups in total. The maximum absolute atomic E-state index is 12.8. The van der Waals surface area contributed by atoms with Crippen LogP contribution >= 0.6 is 7.82 Å². The molecule has 0 fully saturated rings. The smallest absolute Gasteiger partial charge is 0.462 e. The van der Waals surface area contributed by atoms with Gasteiger partial charge in [-0.3, -0.25) is 18.6 Å². The number of carbonyl (C=O) groups excluding carboxylic acids is 2. The van der Waals surface area contributed by atoms with Gasteiger partial charge in [-0.25, -0.2) is 4.57 Å². The van der Waals surface area contributed by atoms with Gasteiger partial charge in [0.25, 0.3) is 0 Å². The molecular formula is C93H164NO8P. The molecule has 9 nitrogen and oxygen atoms in total. The molecule has 0 radical (unpaired) electrons. The lowest BCUT2D eigenvalue weighted by molar-refractivity contribution is -0.161. The van der Waals surface area contributed by atoms with Crippen LogP contribution in [-0.4, -0.2) is 49.3 Å². The first-order valence-corrected chi connectivity index (χ1v) is 45.2. The van der Waals surface area contributed by atoms with E-state index in [9.17, 15) is 19.0 Å². The van der Waals surface area contributed by atoms with Gasteiger partial charge in [-0.1, -0.05) is 417 Å². The van der Waals surface area contributed by atoms with Gasteiger partial charge in [0.05, 0.1) is 13.2 Å². The Hall–Kier alpha value is -3.85. The summed E-state index contributed by atoms with van der Waals surface area (Å²) in [6.45, 7) is 3.67. The Kier molecular flexibility index (Phi) is 83.8. The standard InChI is InChI=1S/C93H164NO8P/c1-3-5-7-9-11-13-15-17-19-21-23-25-27-29-31-33-35-37-39-41-43-45-47-49-51-53-55-57-59-61-63-65-67-69-71-73-75-77-79-81-83-85-92(95)99-89-91(90-101-103(97,98)100-88-87-94)102-93(96)86-84-82-80-78-76-74-72-70-68-66-64-62-60-58-56-54-52-50-48-46-44-42-40-38-36-34-32-30-28-26-24-22-20-18-16-14-12-10-8-6-4-2/h6,8,12,14,18,20-21,23-24,26,30,32,36,38,42,44,48,50,54,56,60,62,91H,3-5,7,9-11,13,15-17,19,22,25,27-29,31,33-35,37,39-41,43,45-47,49,51-53,55,57-59,61,63-90,94H2,1-2H3,(H,97,98)/b8-6-,14-12-,20-18-,23-21-,26-24-,32-30-,38-36-,44-42-,50-48-,56-54-,62-60-. The number of phosphoric acid groups is 1. The van der Waals surface area contributed by atoms with Crippen molar-refractivity contribution in [3.63, 3.8) is 0 Å². The number of rotatable bonds is 82. The van der Waals surface area contributed by atoms with Gasteiger partial charge in [-0.15, -0.1) is 0 Å². The van der Waals surface area contributed by atoms with Crippen LogP contribution in [0.3, 0.4) is 0 Å². The zero-order valence-electron chi connectivity index (χ0n) is 67.3. The molecule has 0 aliphatic rings. The van der Waals surface area contributed by atoms with Gasteiger partial charge in [0.2, 0.25) is 0 Å². The second-order valence-corrected chi connectivity index (χ2v) is 30.5. The summed E-state index contributed by atoms with van der Waals surface area (Å²) in [5.74, 6) is -0.822. The minimum absolute atomic E-state index is 0.0492. The maximum Gasteiger partial charge on any atom is 0.472 e. The van der Waals surface area contributed by atoms with E-state index in [1.54, 1.807) is 0 Å². The van der Waals surface area contributed by atoms with E-state index < -0.39 is 26.5 Å². The molecule has 0 aromatic rings. The Labute approximate surface area is 637 Å². The molecule has 0 aliphatic heterocycles. The van der Waals surface area contributed by atoms with Crippen molar-refractivity contribution < 1.29 is 37.6 Å². The zero-order valence-corrected chi connectivity index (χ0v) is 68.2. The van der Waals surface area contributed by atoms with Gasteiger partial charge < -0.3 is 20.1 Å². The lowest BCUT2D eigenvalue weighted by Gasteiger charge is -2.19. The summed E-state index contributed by atoms with van der Waals surface area (Å²) in [4.78, 5) is 35.5. The quantitative estimate of drug-likeness (QED) is 0.0264. The highest BCUT2D eigenvalue weighted by atomic mass is 31.2. The van der Waals surface area contributed by atoms with E-state index in [2.05, 4.69) is 148 Å². The first kappa shape index (κ1) is 99.2. The fourth-order valence-corrected chi connectivity index (χ4v) is 13.4. The third-order valence-electron chi connectivity index (χ3n) is 19.0. The Morgan fingerprint density at radius 2 is 0.534 bits per heavy atom. The van der Waals surface area contributed by atoms with Gasteiger partial charge in [-0.2, -0.15) is 0 Å². The fraction of sp³-hybridized carbons (Fsp3) is 0.742. The number of nitrogens with two attached hydrogens (primary N) is 1. The van der Waals surface area contributed by atoms with Crippen LogP contribution in [0.4, 0.5) is 0 Å². The highest BCUT2D eigenvalue weighted by Gasteiger charge is 2.26. The second-order valence-electron chi connectivity index (χ2n) is 29.0. The molecule has 2 atom stereocenters. The third-order valence-corrected chi connectivity index (χ3v) is 20.0. The molecule has 0 aliphatic carbocycles. The van der Waals surface area contributed by atoms with E-state index in [1.807, 2.05) is 0 Å². The zero-order chi connectivity index (χ0) is 74.3. The van der Waals surface area contributed by atoms with Crippen molar-refractivity contribution in [1.29, 1.82) is 0 Å². The second kappa shape index (κ2) is 87.1. The summed E-state index contributed by atoms with van der Waals surface area (Å²) in [7, 11) is -4.41. The molecule has 0 aromatic heterocycles. The topological polar surface area (TPSA) is 134 Å². The van der Waals surface area contributed by atoms with Crippen LogP contribution in [0.5, 0.6) is 0 Å². The maximum atomic E-state index is 12.8. The number of carbonyl (C=O) groups is 2. The van der Waals surface area contributed by atoms with E-state index in [1.165, 1.54) is 270 Å². The van der Waals surface area contributed by atoms with E-state index in [-0.39, 0.29) is 38.6 Å².